The molecule has 0 amide bonds. The van der Waals surface area contributed by atoms with Crippen LogP contribution in [-0.4, -0.2) is 38.2 Å². The summed E-state index contributed by atoms with van der Waals surface area (Å²) in [5.74, 6) is 0.231. The maximum atomic E-state index is 11.5. The molecule has 0 bridgehead atoms. The Kier molecular flexibility index (Phi) is 5.77. The highest BCUT2D eigenvalue weighted by Crippen LogP contribution is 2.07. The molecule has 0 spiro atoms. The number of rotatable bonds is 6. The predicted molar refractivity (Wildman–Crippen MR) is 62.6 cm³/mol. The summed E-state index contributed by atoms with van der Waals surface area (Å²) in [4.78, 5) is 0. The molecule has 4 nitrogen and oxygen atoms in total. The van der Waals surface area contributed by atoms with Crippen molar-refractivity contribution in [2.75, 3.05) is 18.1 Å². The zero-order chi connectivity index (χ0) is 12.1. The highest BCUT2D eigenvalue weighted by Gasteiger charge is 2.15. The van der Waals surface area contributed by atoms with Crippen LogP contribution < -0.4 is 5.73 Å². The fourth-order valence-corrected chi connectivity index (χ4v) is 2.21. The van der Waals surface area contributed by atoms with E-state index in [-0.39, 0.29) is 29.8 Å². The maximum Gasteiger partial charge on any atom is 0.152 e. The van der Waals surface area contributed by atoms with Gasteiger partial charge in [-0.2, -0.15) is 0 Å². The minimum absolute atomic E-state index is 0.0664. The van der Waals surface area contributed by atoms with Crippen molar-refractivity contribution in [3.8, 4) is 0 Å². The van der Waals surface area contributed by atoms with Gasteiger partial charge in [0.1, 0.15) is 0 Å². The summed E-state index contributed by atoms with van der Waals surface area (Å²) in [7, 11) is -3.00. The molecule has 1 unspecified atom stereocenters. The fraction of sp³-hybridized carbons (Fsp3) is 1.00. The Bertz CT molecular complexity index is 265. The summed E-state index contributed by atoms with van der Waals surface area (Å²) >= 11 is 0. The van der Waals surface area contributed by atoms with Crippen LogP contribution in [-0.2, 0) is 14.6 Å². The van der Waals surface area contributed by atoms with Gasteiger partial charge in [0.05, 0.1) is 23.7 Å². The topological polar surface area (TPSA) is 69.4 Å². The van der Waals surface area contributed by atoms with Crippen molar-refractivity contribution in [3.63, 3.8) is 0 Å². The minimum atomic E-state index is -3.00. The van der Waals surface area contributed by atoms with E-state index in [1.807, 2.05) is 20.8 Å². The van der Waals surface area contributed by atoms with E-state index in [1.165, 1.54) is 0 Å². The number of sulfone groups is 1. The van der Waals surface area contributed by atoms with Crippen molar-refractivity contribution >= 4 is 9.84 Å². The molecule has 0 rings (SSSR count). The van der Waals surface area contributed by atoms with Gasteiger partial charge in [-0.1, -0.05) is 0 Å². The highest BCUT2D eigenvalue weighted by atomic mass is 32.2. The van der Waals surface area contributed by atoms with Gasteiger partial charge in [-0.25, -0.2) is 8.42 Å². The lowest BCUT2D eigenvalue weighted by Crippen LogP contribution is -2.26. The van der Waals surface area contributed by atoms with Crippen LogP contribution in [0.2, 0.25) is 0 Å². The minimum Gasteiger partial charge on any atom is -0.375 e. The highest BCUT2D eigenvalue weighted by molar-refractivity contribution is 7.91. The lowest BCUT2D eigenvalue weighted by molar-refractivity contribution is 0.00644. The normalized spacial score (nSPS) is 15.3. The second-order valence-corrected chi connectivity index (χ2v) is 7.18. The monoisotopic (exact) mass is 237 g/mol. The molecule has 0 aliphatic rings. The van der Waals surface area contributed by atoms with Gasteiger partial charge < -0.3 is 10.5 Å². The van der Waals surface area contributed by atoms with Gasteiger partial charge in [-0.05, 0) is 34.1 Å². The van der Waals surface area contributed by atoms with Gasteiger partial charge in [0.2, 0.25) is 0 Å². The lowest BCUT2D eigenvalue weighted by atomic mass is 10.2. The van der Waals surface area contributed by atoms with Crippen LogP contribution in [0.15, 0.2) is 0 Å². The average molecular weight is 237 g/mol. The summed E-state index contributed by atoms with van der Waals surface area (Å²) in [6.07, 6.45) is 0.512. The first-order valence-corrected chi connectivity index (χ1v) is 7.04. The Morgan fingerprint density at radius 2 is 1.80 bits per heavy atom. The fourth-order valence-electron chi connectivity index (χ4n) is 0.942. The molecule has 0 aromatic rings. The van der Waals surface area contributed by atoms with Crippen LogP contribution in [0, 0.1) is 0 Å². The molecule has 0 radical (unpaired) electrons. The molecule has 0 aromatic carbocycles. The zero-order valence-corrected chi connectivity index (χ0v) is 10.9. The second kappa shape index (κ2) is 5.82. The zero-order valence-electron chi connectivity index (χ0n) is 10.1. The Labute approximate surface area is 93.1 Å². The molecule has 0 fully saturated rings. The van der Waals surface area contributed by atoms with Gasteiger partial charge in [0, 0.05) is 6.04 Å². The molecule has 0 aromatic heterocycles. The van der Waals surface area contributed by atoms with Crippen LogP contribution in [0.5, 0.6) is 0 Å². The molecule has 0 aliphatic carbocycles. The molecule has 0 saturated carbocycles. The molecule has 0 heterocycles. The van der Waals surface area contributed by atoms with E-state index in [0.717, 1.165) is 0 Å². The number of ether oxygens (including phenoxy) is 1. The first-order chi connectivity index (χ1) is 6.62. The van der Waals surface area contributed by atoms with E-state index in [4.69, 9.17) is 10.5 Å². The summed E-state index contributed by atoms with van der Waals surface area (Å²) < 4.78 is 28.3. The number of hydrogen-bond donors (Lipinski definition) is 1. The molecular weight excluding hydrogens is 214 g/mol. The average Bonchev–Trinajstić information content (AvgIpc) is 1.98. The third-order valence-electron chi connectivity index (χ3n) is 1.81. The SMILES string of the molecule is CC(N)CCS(=O)(=O)CCOC(C)(C)C. The Morgan fingerprint density at radius 3 is 2.20 bits per heavy atom. The number of hydrogen-bond acceptors (Lipinski definition) is 4. The van der Waals surface area contributed by atoms with E-state index in [1.54, 1.807) is 6.92 Å². The Balaban J connectivity index is 3.85. The van der Waals surface area contributed by atoms with Crippen molar-refractivity contribution in [1.82, 2.24) is 0 Å². The molecule has 0 saturated heterocycles. The Morgan fingerprint density at radius 1 is 1.27 bits per heavy atom. The largest absolute Gasteiger partial charge is 0.375 e. The van der Waals surface area contributed by atoms with Crippen molar-refractivity contribution in [1.29, 1.82) is 0 Å². The first-order valence-electron chi connectivity index (χ1n) is 5.22. The van der Waals surface area contributed by atoms with E-state index < -0.39 is 9.84 Å². The molecule has 5 heteroatoms. The predicted octanol–water partition coefficient (Wildman–Crippen LogP) is 0.954. The summed E-state index contributed by atoms with van der Waals surface area (Å²) in [5.41, 5.74) is 5.22. The molecule has 92 valence electrons. The van der Waals surface area contributed by atoms with Crippen LogP contribution in [0.25, 0.3) is 0 Å². The van der Waals surface area contributed by atoms with Crippen LogP contribution >= 0.6 is 0 Å². The van der Waals surface area contributed by atoms with E-state index in [2.05, 4.69) is 0 Å². The molecule has 2 N–H and O–H groups in total. The van der Waals surface area contributed by atoms with Crippen molar-refractivity contribution in [2.45, 2.75) is 45.8 Å². The van der Waals surface area contributed by atoms with Gasteiger partial charge in [0.25, 0.3) is 0 Å². The molecule has 1 atom stereocenters. The van der Waals surface area contributed by atoms with Gasteiger partial charge >= 0.3 is 0 Å². The van der Waals surface area contributed by atoms with E-state index in [0.29, 0.717) is 6.42 Å². The third-order valence-corrected chi connectivity index (χ3v) is 3.46. The standard InChI is InChI=1S/C10H23NO3S/c1-9(11)5-7-15(12,13)8-6-14-10(2,3)4/h9H,5-8,11H2,1-4H3. The summed E-state index contributed by atoms with van der Waals surface area (Å²) in [5, 5.41) is 0. The van der Waals surface area contributed by atoms with Crippen molar-refractivity contribution in [3.05, 3.63) is 0 Å². The second-order valence-electron chi connectivity index (χ2n) is 4.88. The number of nitrogens with two attached hydrogens (primary N) is 1. The molecule has 15 heavy (non-hydrogen) atoms. The molecular formula is C10H23NO3S. The van der Waals surface area contributed by atoms with Crippen molar-refractivity contribution < 1.29 is 13.2 Å². The van der Waals surface area contributed by atoms with Crippen molar-refractivity contribution in [2.24, 2.45) is 5.73 Å². The van der Waals surface area contributed by atoms with Gasteiger partial charge in [-0.15, -0.1) is 0 Å². The van der Waals surface area contributed by atoms with Gasteiger partial charge in [0.15, 0.2) is 9.84 Å². The maximum absolute atomic E-state index is 11.5. The quantitative estimate of drug-likeness (QED) is 0.747. The Hall–Kier alpha value is -0.130. The lowest BCUT2D eigenvalue weighted by Gasteiger charge is -2.19. The van der Waals surface area contributed by atoms with Gasteiger partial charge in [-0.3, -0.25) is 0 Å². The first kappa shape index (κ1) is 14.9. The van der Waals surface area contributed by atoms with Crippen LogP contribution in [0.4, 0.5) is 0 Å². The smallest absolute Gasteiger partial charge is 0.152 e. The van der Waals surface area contributed by atoms with E-state index in [9.17, 15) is 8.42 Å². The summed E-state index contributed by atoms with van der Waals surface area (Å²) in [6.45, 7) is 7.77. The molecule has 0 aliphatic heterocycles. The van der Waals surface area contributed by atoms with Crippen LogP contribution in [0.1, 0.15) is 34.1 Å². The van der Waals surface area contributed by atoms with E-state index >= 15 is 0 Å². The summed E-state index contributed by atoms with van der Waals surface area (Å²) in [6, 6.07) is -0.0664. The third kappa shape index (κ3) is 10.2. The van der Waals surface area contributed by atoms with Crippen LogP contribution in [0.3, 0.4) is 0 Å².